The highest BCUT2D eigenvalue weighted by atomic mass is 14.5. The Kier molecular flexibility index (Phi) is 3.92. The number of hydrogen-bond acceptors (Lipinski definition) is 1. The van der Waals surface area contributed by atoms with Gasteiger partial charge in [-0.2, -0.15) is 0 Å². The van der Waals surface area contributed by atoms with Gasteiger partial charge in [0.15, 0.2) is 0 Å². The molecule has 0 bridgehead atoms. The van der Waals surface area contributed by atoms with E-state index in [1.54, 1.807) is 0 Å². The fourth-order valence-corrected chi connectivity index (χ4v) is 2.11. The molecule has 0 heterocycles. The molecule has 1 nitrogen and oxygen atoms in total. The van der Waals surface area contributed by atoms with Gasteiger partial charge in [0.05, 0.1) is 0 Å². The zero-order chi connectivity index (χ0) is 8.10. The lowest BCUT2D eigenvalue weighted by molar-refractivity contribution is 0.186. The highest BCUT2D eigenvalue weighted by Gasteiger charge is 2.25. The summed E-state index contributed by atoms with van der Waals surface area (Å²) in [6.07, 6.45) is 8.42. The van der Waals surface area contributed by atoms with Crippen LogP contribution in [0, 0.1) is 11.8 Å². The first-order valence-electron chi connectivity index (χ1n) is 5.08. The van der Waals surface area contributed by atoms with E-state index in [0.29, 0.717) is 0 Å². The van der Waals surface area contributed by atoms with Crippen LogP contribution < -0.4 is 5.73 Å². The molecule has 0 saturated heterocycles. The molecule has 1 heteroatoms. The van der Waals surface area contributed by atoms with E-state index in [0.717, 1.165) is 18.4 Å². The Morgan fingerprint density at radius 2 is 2.09 bits per heavy atom. The molecule has 0 aromatic heterocycles. The minimum atomic E-state index is 0.890. The van der Waals surface area contributed by atoms with Crippen LogP contribution >= 0.6 is 0 Å². The van der Waals surface area contributed by atoms with Gasteiger partial charge < -0.3 is 5.73 Å². The van der Waals surface area contributed by atoms with Gasteiger partial charge in [0.25, 0.3) is 0 Å². The zero-order valence-electron chi connectivity index (χ0n) is 7.68. The van der Waals surface area contributed by atoms with E-state index in [2.05, 4.69) is 6.92 Å². The molecule has 1 fully saturated rings. The molecule has 2 N–H and O–H groups in total. The maximum absolute atomic E-state index is 5.58. The minimum absolute atomic E-state index is 0.890. The summed E-state index contributed by atoms with van der Waals surface area (Å²) in [6.45, 7) is 3.17. The molecule has 1 aliphatic rings. The lowest BCUT2D eigenvalue weighted by atomic mass is 9.73. The van der Waals surface area contributed by atoms with Gasteiger partial charge >= 0.3 is 0 Å². The third-order valence-electron chi connectivity index (χ3n) is 3.01. The van der Waals surface area contributed by atoms with E-state index in [-0.39, 0.29) is 0 Å². The van der Waals surface area contributed by atoms with Crippen molar-refractivity contribution in [1.82, 2.24) is 0 Å². The van der Waals surface area contributed by atoms with Crippen LogP contribution in [0.3, 0.4) is 0 Å². The van der Waals surface area contributed by atoms with Gasteiger partial charge in [-0.1, -0.05) is 39.0 Å². The molecule has 0 spiro atoms. The Balaban J connectivity index is 2.19. The average Bonchev–Trinajstić information content (AvgIpc) is 1.85. The number of hydrogen-bond donors (Lipinski definition) is 1. The summed E-state index contributed by atoms with van der Waals surface area (Å²) >= 11 is 0. The maximum Gasteiger partial charge on any atom is -0.00745 e. The Morgan fingerprint density at radius 3 is 2.45 bits per heavy atom. The van der Waals surface area contributed by atoms with Crippen LogP contribution in [0.5, 0.6) is 0 Å². The first-order valence-corrected chi connectivity index (χ1v) is 5.08. The van der Waals surface area contributed by atoms with Gasteiger partial charge in [-0.3, -0.25) is 0 Å². The van der Waals surface area contributed by atoms with Crippen molar-refractivity contribution in [3.05, 3.63) is 0 Å². The van der Waals surface area contributed by atoms with E-state index < -0.39 is 0 Å². The highest BCUT2D eigenvalue weighted by Crippen LogP contribution is 2.37. The van der Waals surface area contributed by atoms with E-state index >= 15 is 0 Å². The fraction of sp³-hybridized carbons (Fsp3) is 1.00. The average molecular weight is 155 g/mol. The molecule has 0 amide bonds. The Morgan fingerprint density at radius 1 is 1.36 bits per heavy atom. The molecule has 0 aromatic carbocycles. The summed E-state index contributed by atoms with van der Waals surface area (Å²) in [5.74, 6) is 2.00. The Bertz CT molecular complexity index is 91.0. The summed E-state index contributed by atoms with van der Waals surface area (Å²) in [4.78, 5) is 0. The summed E-state index contributed by atoms with van der Waals surface area (Å²) < 4.78 is 0. The zero-order valence-corrected chi connectivity index (χ0v) is 7.68. The van der Waals surface area contributed by atoms with Crippen molar-refractivity contribution in [1.29, 1.82) is 0 Å². The molecule has 1 saturated carbocycles. The molecular formula is C10H21N. The summed E-state index contributed by atoms with van der Waals surface area (Å²) in [5.41, 5.74) is 5.58. The van der Waals surface area contributed by atoms with Crippen LogP contribution in [-0.2, 0) is 0 Å². The molecule has 0 aliphatic heterocycles. The van der Waals surface area contributed by atoms with Crippen LogP contribution in [0.4, 0.5) is 0 Å². The molecule has 1 aliphatic carbocycles. The lowest BCUT2D eigenvalue weighted by Gasteiger charge is -2.33. The monoisotopic (exact) mass is 155 g/mol. The SMILES string of the molecule is CCCC(CCN)C1CCC1. The topological polar surface area (TPSA) is 26.0 Å². The van der Waals surface area contributed by atoms with Crippen molar-refractivity contribution >= 4 is 0 Å². The standard InChI is InChI=1S/C10H21N/c1-2-4-9(7-8-11)10-5-3-6-10/h9-10H,2-8,11H2,1H3. The van der Waals surface area contributed by atoms with E-state index in [4.69, 9.17) is 5.73 Å². The van der Waals surface area contributed by atoms with Gasteiger partial charge in [0.1, 0.15) is 0 Å². The molecule has 1 unspecified atom stereocenters. The highest BCUT2D eigenvalue weighted by molar-refractivity contribution is 4.77. The predicted octanol–water partition coefficient (Wildman–Crippen LogP) is 2.55. The van der Waals surface area contributed by atoms with Gasteiger partial charge in [0, 0.05) is 0 Å². The van der Waals surface area contributed by atoms with Crippen molar-refractivity contribution in [2.75, 3.05) is 6.54 Å². The molecule has 0 aromatic rings. The molecular weight excluding hydrogens is 134 g/mol. The van der Waals surface area contributed by atoms with Crippen molar-refractivity contribution in [3.8, 4) is 0 Å². The van der Waals surface area contributed by atoms with E-state index in [9.17, 15) is 0 Å². The van der Waals surface area contributed by atoms with Crippen molar-refractivity contribution in [2.45, 2.75) is 45.4 Å². The predicted molar refractivity (Wildman–Crippen MR) is 49.4 cm³/mol. The van der Waals surface area contributed by atoms with Crippen molar-refractivity contribution in [3.63, 3.8) is 0 Å². The lowest BCUT2D eigenvalue weighted by Crippen LogP contribution is -2.24. The van der Waals surface area contributed by atoms with Gasteiger partial charge in [0.2, 0.25) is 0 Å². The van der Waals surface area contributed by atoms with Crippen LogP contribution in [0.1, 0.15) is 45.4 Å². The van der Waals surface area contributed by atoms with Crippen LogP contribution in [0.15, 0.2) is 0 Å². The normalized spacial score (nSPS) is 21.3. The Hall–Kier alpha value is -0.0400. The van der Waals surface area contributed by atoms with E-state index in [1.807, 2.05) is 0 Å². The summed E-state index contributed by atoms with van der Waals surface area (Å²) in [7, 11) is 0. The second-order valence-electron chi connectivity index (χ2n) is 3.82. The van der Waals surface area contributed by atoms with Crippen LogP contribution in [0.2, 0.25) is 0 Å². The van der Waals surface area contributed by atoms with Gasteiger partial charge in [-0.05, 0) is 24.8 Å². The molecule has 66 valence electrons. The molecule has 11 heavy (non-hydrogen) atoms. The summed E-state index contributed by atoms with van der Waals surface area (Å²) in [5, 5.41) is 0. The van der Waals surface area contributed by atoms with Crippen molar-refractivity contribution in [2.24, 2.45) is 17.6 Å². The second-order valence-corrected chi connectivity index (χ2v) is 3.82. The first-order chi connectivity index (χ1) is 5.38. The van der Waals surface area contributed by atoms with Crippen LogP contribution in [0.25, 0.3) is 0 Å². The first kappa shape index (κ1) is 9.05. The van der Waals surface area contributed by atoms with Crippen molar-refractivity contribution < 1.29 is 0 Å². The maximum atomic E-state index is 5.58. The second kappa shape index (κ2) is 4.76. The van der Waals surface area contributed by atoms with Crippen LogP contribution in [-0.4, -0.2) is 6.54 Å². The Labute approximate surface area is 70.4 Å². The van der Waals surface area contributed by atoms with Gasteiger partial charge in [-0.25, -0.2) is 0 Å². The third-order valence-corrected chi connectivity index (χ3v) is 3.01. The third kappa shape index (κ3) is 2.48. The molecule has 1 rings (SSSR count). The quantitative estimate of drug-likeness (QED) is 0.648. The summed E-state index contributed by atoms with van der Waals surface area (Å²) in [6, 6.07) is 0. The minimum Gasteiger partial charge on any atom is -0.330 e. The number of rotatable bonds is 5. The fourth-order valence-electron chi connectivity index (χ4n) is 2.11. The number of nitrogens with two attached hydrogens (primary N) is 1. The molecule has 0 radical (unpaired) electrons. The van der Waals surface area contributed by atoms with Gasteiger partial charge in [-0.15, -0.1) is 0 Å². The molecule has 1 atom stereocenters. The smallest absolute Gasteiger partial charge is 0.00745 e. The largest absolute Gasteiger partial charge is 0.330 e. The van der Waals surface area contributed by atoms with E-state index in [1.165, 1.54) is 38.5 Å².